The van der Waals surface area contributed by atoms with E-state index in [2.05, 4.69) is 9.98 Å². The van der Waals surface area contributed by atoms with Gasteiger partial charge in [0.1, 0.15) is 5.75 Å². The van der Waals surface area contributed by atoms with Gasteiger partial charge < -0.3 is 10.1 Å². The SMILES string of the molecule is O=C(/C=C/c1ccccc1O)c1ccc(N=Cc2c[nH]c3ccccc23)cc1. The van der Waals surface area contributed by atoms with Crippen molar-refractivity contribution in [3.63, 3.8) is 0 Å². The first-order valence-corrected chi connectivity index (χ1v) is 8.91. The predicted octanol–water partition coefficient (Wildman–Crippen LogP) is 5.52. The van der Waals surface area contributed by atoms with Gasteiger partial charge in [0, 0.05) is 40.0 Å². The second-order valence-corrected chi connectivity index (χ2v) is 6.35. The minimum atomic E-state index is -0.129. The Bertz CT molecular complexity index is 1180. The molecule has 0 atom stereocenters. The molecule has 0 spiro atoms. The Labute approximate surface area is 162 Å². The number of allylic oxidation sites excluding steroid dienone is 1. The summed E-state index contributed by atoms with van der Waals surface area (Å²) in [6.45, 7) is 0. The maximum Gasteiger partial charge on any atom is 0.185 e. The monoisotopic (exact) mass is 366 g/mol. The second-order valence-electron chi connectivity index (χ2n) is 6.35. The van der Waals surface area contributed by atoms with E-state index in [0.717, 1.165) is 22.2 Å². The van der Waals surface area contributed by atoms with Gasteiger partial charge >= 0.3 is 0 Å². The molecule has 1 heterocycles. The average molecular weight is 366 g/mol. The fourth-order valence-electron chi connectivity index (χ4n) is 2.95. The number of aromatic hydroxyl groups is 1. The van der Waals surface area contributed by atoms with Crippen LogP contribution < -0.4 is 0 Å². The van der Waals surface area contributed by atoms with E-state index in [0.29, 0.717) is 11.1 Å². The molecule has 0 aliphatic heterocycles. The Morgan fingerprint density at radius 2 is 1.64 bits per heavy atom. The summed E-state index contributed by atoms with van der Waals surface area (Å²) in [4.78, 5) is 20.0. The molecule has 0 aliphatic carbocycles. The third-order valence-electron chi connectivity index (χ3n) is 4.48. The molecular weight excluding hydrogens is 348 g/mol. The fraction of sp³-hybridized carbons (Fsp3) is 0. The summed E-state index contributed by atoms with van der Waals surface area (Å²) in [7, 11) is 0. The van der Waals surface area contributed by atoms with Crippen molar-refractivity contribution in [3.05, 3.63) is 102 Å². The Kier molecular flexibility index (Phi) is 4.85. The summed E-state index contributed by atoms with van der Waals surface area (Å²) in [5, 5.41) is 10.9. The number of rotatable bonds is 5. The van der Waals surface area contributed by atoms with Gasteiger partial charge in [-0.1, -0.05) is 36.4 Å². The van der Waals surface area contributed by atoms with Crippen molar-refractivity contribution in [3.8, 4) is 5.75 Å². The van der Waals surface area contributed by atoms with Crippen LogP contribution in [0.15, 0.2) is 90.1 Å². The maximum absolute atomic E-state index is 12.3. The fourth-order valence-corrected chi connectivity index (χ4v) is 2.95. The van der Waals surface area contributed by atoms with Crippen molar-refractivity contribution in [2.24, 2.45) is 4.99 Å². The highest BCUT2D eigenvalue weighted by Crippen LogP contribution is 2.20. The van der Waals surface area contributed by atoms with Gasteiger partial charge in [0.15, 0.2) is 5.78 Å². The molecule has 0 saturated heterocycles. The third kappa shape index (κ3) is 3.76. The first kappa shape index (κ1) is 17.5. The van der Waals surface area contributed by atoms with Crippen molar-refractivity contribution < 1.29 is 9.90 Å². The van der Waals surface area contributed by atoms with Gasteiger partial charge in [-0.3, -0.25) is 9.79 Å². The van der Waals surface area contributed by atoms with Crippen molar-refractivity contribution >= 4 is 34.7 Å². The summed E-state index contributed by atoms with van der Waals surface area (Å²) < 4.78 is 0. The van der Waals surface area contributed by atoms with E-state index in [1.165, 1.54) is 6.08 Å². The number of hydrogen-bond acceptors (Lipinski definition) is 3. The second kappa shape index (κ2) is 7.76. The number of aliphatic imine (C=N–C) groups is 1. The van der Waals surface area contributed by atoms with Crippen LogP contribution in [0.5, 0.6) is 5.75 Å². The normalized spacial score (nSPS) is 11.6. The van der Waals surface area contributed by atoms with Crippen LogP contribution in [0.2, 0.25) is 0 Å². The molecule has 0 saturated carbocycles. The van der Waals surface area contributed by atoms with Crippen LogP contribution >= 0.6 is 0 Å². The predicted molar refractivity (Wildman–Crippen MR) is 113 cm³/mol. The highest BCUT2D eigenvalue weighted by molar-refractivity contribution is 6.07. The molecule has 0 fully saturated rings. The van der Waals surface area contributed by atoms with Crippen molar-refractivity contribution in [1.82, 2.24) is 4.98 Å². The molecular formula is C24H18N2O2. The van der Waals surface area contributed by atoms with E-state index in [1.807, 2.05) is 54.9 Å². The number of para-hydroxylation sites is 2. The van der Waals surface area contributed by atoms with E-state index >= 15 is 0 Å². The van der Waals surface area contributed by atoms with Crippen LogP contribution in [0.3, 0.4) is 0 Å². The molecule has 0 aliphatic rings. The number of carbonyl (C=O) groups excluding carboxylic acids is 1. The van der Waals surface area contributed by atoms with Gasteiger partial charge in [0.25, 0.3) is 0 Å². The van der Waals surface area contributed by atoms with Crippen molar-refractivity contribution in [2.75, 3.05) is 0 Å². The number of nitrogens with zero attached hydrogens (tertiary/aromatic N) is 1. The van der Waals surface area contributed by atoms with E-state index in [1.54, 1.807) is 36.4 Å². The molecule has 4 heteroatoms. The molecule has 4 aromatic rings. The Hall–Kier alpha value is -3.92. The molecule has 28 heavy (non-hydrogen) atoms. The number of H-pyrrole nitrogens is 1. The largest absolute Gasteiger partial charge is 0.507 e. The minimum absolute atomic E-state index is 0.129. The molecule has 3 aromatic carbocycles. The summed E-state index contributed by atoms with van der Waals surface area (Å²) >= 11 is 0. The number of phenols is 1. The first-order chi connectivity index (χ1) is 13.7. The van der Waals surface area contributed by atoms with E-state index in [-0.39, 0.29) is 11.5 Å². The molecule has 0 amide bonds. The number of benzene rings is 3. The summed E-state index contributed by atoms with van der Waals surface area (Å²) in [5.41, 5.74) is 4.03. The molecule has 0 unspecified atom stereocenters. The van der Waals surface area contributed by atoms with Crippen LogP contribution in [0, 0.1) is 0 Å². The lowest BCUT2D eigenvalue weighted by Gasteiger charge is -1.99. The lowest BCUT2D eigenvalue weighted by Crippen LogP contribution is -1.93. The van der Waals surface area contributed by atoms with Crippen molar-refractivity contribution in [1.29, 1.82) is 0 Å². The van der Waals surface area contributed by atoms with Gasteiger partial charge in [-0.25, -0.2) is 0 Å². The number of phenolic OH excluding ortho intramolecular Hbond substituents is 1. The number of nitrogens with one attached hydrogen (secondary N) is 1. The average Bonchev–Trinajstić information content (AvgIpc) is 3.15. The summed E-state index contributed by atoms with van der Waals surface area (Å²) in [6, 6.07) is 22.1. The molecule has 2 N–H and O–H groups in total. The highest BCUT2D eigenvalue weighted by atomic mass is 16.3. The smallest absolute Gasteiger partial charge is 0.185 e. The van der Waals surface area contributed by atoms with Crippen LogP contribution in [-0.4, -0.2) is 22.1 Å². The van der Waals surface area contributed by atoms with Gasteiger partial charge in [0.2, 0.25) is 0 Å². The number of carbonyl (C=O) groups is 1. The third-order valence-corrected chi connectivity index (χ3v) is 4.48. The molecule has 1 aromatic heterocycles. The van der Waals surface area contributed by atoms with Crippen LogP contribution in [0.4, 0.5) is 5.69 Å². The van der Waals surface area contributed by atoms with Gasteiger partial charge in [0.05, 0.1) is 5.69 Å². The number of aromatic nitrogens is 1. The topological polar surface area (TPSA) is 65.4 Å². The zero-order valence-corrected chi connectivity index (χ0v) is 15.0. The number of aromatic amines is 1. The van der Waals surface area contributed by atoms with E-state index in [4.69, 9.17) is 0 Å². The first-order valence-electron chi connectivity index (χ1n) is 8.91. The van der Waals surface area contributed by atoms with Crippen LogP contribution in [0.25, 0.3) is 17.0 Å². The highest BCUT2D eigenvalue weighted by Gasteiger charge is 2.03. The quantitative estimate of drug-likeness (QED) is 0.277. The van der Waals surface area contributed by atoms with Gasteiger partial charge in [-0.15, -0.1) is 0 Å². The summed E-state index contributed by atoms with van der Waals surface area (Å²) in [6.07, 6.45) is 6.81. The van der Waals surface area contributed by atoms with E-state index in [9.17, 15) is 9.90 Å². The Morgan fingerprint density at radius 3 is 2.46 bits per heavy atom. The minimum Gasteiger partial charge on any atom is -0.507 e. The standard InChI is InChI=1S/C24H18N2O2/c27-23-8-4-1-5-17(23)11-14-24(28)18-9-12-20(13-10-18)25-15-19-16-26-22-7-3-2-6-21(19)22/h1-16,26-27H/b14-11+,25-15?. The zero-order chi connectivity index (χ0) is 19.3. The molecule has 0 radical (unpaired) electrons. The van der Waals surface area contributed by atoms with Gasteiger partial charge in [-0.05, 0) is 48.6 Å². The zero-order valence-electron chi connectivity index (χ0n) is 15.0. The van der Waals surface area contributed by atoms with Gasteiger partial charge in [-0.2, -0.15) is 0 Å². The van der Waals surface area contributed by atoms with Crippen LogP contribution in [0.1, 0.15) is 21.5 Å². The number of ketones is 1. The molecule has 4 nitrogen and oxygen atoms in total. The van der Waals surface area contributed by atoms with Crippen molar-refractivity contribution in [2.45, 2.75) is 0 Å². The lowest BCUT2D eigenvalue weighted by molar-refractivity contribution is 0.104. The Morgan fingerprint density at radius 1 is 0.893 bits per heavy atom. The number of hydrogen-bond donors (Lipinski definition) is 2. The molecule has 136 valence electrons. The number of fused-ring (bicyclic) bond motifs is 1. The maximum atomic E-state index is 12.3. The van der Waals surface area contributed by atoms with E-state index < -0.39 is 0 Å². The lowest BCUT2D eigenvalue weighted by atomic mass is 10.1. The Balaban J connectivity index is 1.48. The molecule has 4 rings (SSSR count). The summed E-state index contributed by atoms with van der Waals surface area (Å²) in [5.74, 6) is 0.0175. The van der Waals surface area contributed by atoms with Crippen LogP contribution in [-0.2, 0) is 0 Å². The molecule has 0 bridgehead atoms.